The van der Waals surface area contributed by atoms with Crippen molar-refractivity contribution < 1.29 is 9.53 Å². The van der Waals surface area contributed by atoms with E-state index in [4.69, 9.17) is 4.74 Å². The minimum Gasteiger partial charge on any atom is -0.365 e. The van der Waals surface area contributed by atoms with Gasteiger partial charge in [-0.25, -0.2) is 0 Å². The van der Waals surface area contributed by atoms with Gasteiger partial charge in [-0.15, -0.1) is 0 Å². The van der Waals surface area contributed by atoms with Crippen LogP contribution in [0.5, 0.6) is 0 Å². The summed E-state index contributed by atoms with van der Waals surface area (Å²) in [4.78, 5) is 12.5. The first-order valence-corrected chi connectivity index (χ1v) is 7.44. The summed E-state index contributed by atoms with van der Waals surface area (Å²) in [7, 11) is 0. The predicted octanol–water partition coefficient (Wildman–Crippen LogP) is 5.00. The molecular formula is C17H34O2. The van der Waals surface area contributed by atoms with Crippen molar-refractivity contribution in [2.45, 2.75) is 93.3 Å². The van der Waals surface area contributed by atoms with E-state index in [-0.39, 0.29) is 22.9 Å². The van der Waals surface area contributed by atoms with Gasteiger partial charge in [0, 0.05) is 5.41 Å². The van der Waals surface area contributed by atoms with Crippen LogP contribution in [-0.2, 0) is 9.53 Å². The molecule has 0 aromatic rings. The number of carbonyl (C=O) groups is 1. The van der Waals surface area contributed by atoms with Crippen LogP contribution in [0.4, 0.5) is 0 Å². The first-order valence-electron chi connectivity index (χ1n) is 7.44. The Bertz CT molecular complexity index is 284. The van der Waals surface area contributed by atoms with Crippen molar-refractivity contribution in [3.05, 3.63) is 0 Å². The normalized spacial score (nSPS) is 15.4. The highest BCUT2D eigenvalue weighted by atomic mass is 16.5. The van der Waals surface area contributed by atoms with E-state index in [9.17, 15) is 4.79 Å². The summed E-state index contributed by atoms with van der Waals surface area (Å²) in [5, 5.41) is 0. The highest BCUT2D eigenvalue weighted by Crippen LogP contribution is 2.27. The van der Waals surface area contributed by atoms with E-state index in [1.165, 1.54) is 0 Å². The number of hydrogen-bond donors (Lipinski definition) is 0. The third-order valence-electron chi connectivity index (χ3n) is 2.92. The average Bonchev–Trinajstić information content (AvgIpc) is 2.09. The first-order chi connectivity index (χ1) is 8.22. The third kappa shape index (κ3) is 9.21. The Balaban J connectivity index is 4.66. The average molecular weight is 270 g/mol. The van der Waals surface area contributed by atoms with E-state index in [1.54, 1.807) is 0 Å². The predicted molar refractivity (Wildman–Crippen MR) is 82.4 cm³/mol. The second-order valence-electron chi connectivity index (χ2n) is 8.79. The van der Waals surface area contributed by atoms with Crippen LogP contribution in [-0.4, -0.2) is 17.5 Å². The third-order valence-corrected chi connectivity index (χ3v) is 2.92. The standard InChI is InChI=1S/C17H34O2/c1-15(2,3)12-10-11-13(19-17(7,8)9)14(18)16(4,5)6/h13H,10-12H2,1-9H3. The van der Waals surface area contributed by atoms with Gasteiger partial charge in [0.25, 0.3) is 0 Å². The monoisotopic (exact) mass is 270 g/mol. The van der Waals surface area contributed by atoms with E-state index >= 15 is 0 Å². The van der Waals surface area contributed by atoms with Crippen LogP contribution in [0, 0.1) is 10.8 Å². The summed E-state index contributed by atoms with van der Waals surface area (Å²) < 4.78 is 5.99. The maximum Gasteiger partial charge on any atom is 0.166 e. The fourth-order valence-electron chi connectivity index (χ4n) is 1.97. The number of ketones is 1. The number of Topliss-reactive ketones (excluding diaryl/α,β-unsaturated/α-hetero) is 1. The molecule has 2 heteroatoms. The van der Waals surface area contributed by atoms with Crippen LogP contribution >= 0.6 is 0 Å². The zero-order valence-corrected chi connectivity index (χ0v) is 14.5. The molecule has 19 heavy (non-hydrogen) atoms. The second kappa shape index (κ2) is 6.39. The Kier molecular flexibility index (Phi) is 6.26. The molecule has 0 fully saturated rings. The maximum absolute atomic E-state index is 12.5. The van der Waals surface area contributed by atoms with Gasteiger partial charge in [0.05, 0.1) is 5.60 Å². The molecule has 0 aliphatic rings. The van der Waals surface area contributed by atoms with Gasteiger partial charge in [-0.1, -0.05) is 41.5 Å². The lowest BCUT2D eigenvalue weighted by Gasteiger charge is -2.31. The molecule has 0 radical (unpaired) electrons. The van der Waals surface area contributed by atoms with Gasteiger partial charge in [-0.3, -0.25) is 4.79 Å². The van der Waals surface area contributed by atoms with Gasteiger partial charge in [0.1, 0.15) is 6.10 Å². The lowest BCUT2D eigenvalue weighted by molar-refractivity contribution is -0.148. The van der Waals surface area contributed by atoms with Gasteiger partial charge < -0.3 is 4.74 Å². The quantitative estimate of drug-likeness (QED) is 0.702. The number of hydrogen-bond acceptors (Lipinski definition) is 2. The largest absolute Gasteiger partial charge is 0.365 e. The van der Waals surface area contributed by atoms with Crippen molar-refractivity contribution in [1.82, 2.24) is 0 Å². The zero-order chi connectivity index (χ0) is 15.5. The molecule has 1 unspecified atom stereocenters. The molecule has 0 aromatic carbocycles. The van der Waals surface area contributed by atoms with Crippen LogP contribution < -0.4 is 0 Å². The molecular weight excluding hydrogens is 236 g/mol. The van der Waals surface area contributed by atoms with Gasteiger partial charge in [0.2, 0.25) is 0 Å². The number of ether oxygens (including phenoxy) is 1. The van der Waals surface area contributed by atoms with Crippen LogP contribution in [0.3, 0.4) is 0 Å². The Labute approximate surface area is 120 Å². The smallest absolute Gasteiger partial charge is 0.166 e. The molecule has 0 heterocycles. The molecule has 0 aliphatic carbocycles. The van der Waals surface area contributed by atoms with Crippen molar-refractivity contribution in [2.75, 3.05) is 0 Å². The Hall–Kier alpha value is -0.370. The van der Waals surface area contributed by atoms with E-state index in [0.29, 0.717) is 5.41 Å². The lowest BCUT2D eigenvalue weighted by Crippen LogP contribution is -2.39. The molecule has 0 rings (SSSR count). The van der Waals surface area contributed by atoms with Crippen LogP contribution in [0.2, 0.25) is 0 Å². The molecule has 0 spiro atoms. The Morgan fingerprint density at radius 2 is 1.42 bits per heavy atom. The minimum atomic E-state index is -0.336. The van der Waals surface area contributed by atoms with Gasteiger partial charge in [-0.05, 0) is 45.4 Å². The molecule has 0 saturated heterocycles. The van der Waals surface area contributed by atoms with Crippen molar-refractivity contribution in [3.63, 3.8) is 0 Å². The number of rotatable bonds is 5. The lowest BCUT2D eigenvalue weighted by atomic mass is 9.84. The van der Waals surface area contributed by atoms with Gasteiger partial charge in [0.15, 0.2) is 5.78 Å². The molecule has 0 amide bonds. The summed E-state index contributed by atoms with van der Waals surface area (Å²) in [5.41, 5.74) is -0.290. The van der Waals surface area contributed by atoms with E-state index in [0.717, 1.165) is 19.3 Å². The van der Waals surface area contributed by atoms with Gasteiger partial charge in [-0.2, -0.15) is 0 Å². The molecule has 1 atom stereocenters. The van der Waals surface area contributed by atoms with Crippen molar-refractivity contribution in [2.24, 2.45) is 10.8 Å². The minimum absolute atomic E-state index is 0.219. The molecule has 0 bridgehead atoms. The SMILES string of the molecule is CC(C)(C)CCCC(OC(C)(C)C)C(=O)C(C)(C)C. The van der Waals surface area contributed by atoms with E-state index < -0.39 is 0 Å². The van der Waals surface area contributed by atoms with Crippen molar-refractivity contribution in [1.29, 1.82) is 0 Å². The Morgan fingerprint density at radius 3 is 1.74 bits per heavy atom. The molecule has 114 valence electrons. The van der Waals surface area contributed by atoms with Crippen LogP contribution in [0.25, 0.3) is 0 Å². The summed E-state index contributed by atoms with van der Waals surface area (Å²) in [6.45, 7) is 18.7. The fraction of sp³-hybridized carbons (Fsp3) is 0.941. The first kappa shape index (κ1) is 18.6. The molecule has 0 aliphatic heterocycles. The second-order valence-corrected chi connectivity index (χ2v) is 8.79. The summed E-state index contributed by atoms with van der Waals surface area (Å²) in [6.07, 6.45) is 2.70. The Morgan fingerprint density at radius 1 is 0.947 bits per heavy atom. The van der Waals surface area contributed by atoms with Crippen LogP contribution in [0.15, 0.2) is 0 Å². The fourth-order valence-corrected chi connectivity index (χ4v) is 1.97. The zero-order valence-electron chi connectivity index (χ0n) is 14.5. The highest BCUT2D eigenvalue weighted by Gasteiger charge is 2.32. The van der Waals surface area contributed by atoms with Crippen LogP contribution in [0.1, 0.15) is 81.6 Å². The van der Waals surface area contributed by atoms with Crippen molar-refractivity contribution in [3.8, 4) is 0 Å². The molecule has 2 nitrogen and oxygen atoms in total. The van der Waals surface area contributed by atoms with Gasteiger partial charge >= 0.3 is 0 Å². The summed E-state index contributed by atoms with van der Waals surface area (Å²) >= 11 is 0. The summed E-state index contributed by atoms with van der Waals surface area (Å²) in [6, 6.07) is 0. The van der Waals surface area contributed by atoms with E-state index in [1.807, 2.05) is 41.5 Å². The maximum atomic E-state index is 12.5. The summed E-state index contributed by atoms with van der Waals surface area (Å²) in [5.74, 6) is 0.219. The highest BCUT2D eigenvalue weighted by molar-refractivity contribution is 5.87. The molecule has 0 saturated carbocycles. The van der Waals surface area contributed by atoms with E-state index in [2.05, 4.69) is 20.8 Å². The number of carbonyl (C=O) groups excluding carboxylic acids is 1. The molecule has 0 aromatic heterocycles. The topological polar surface area (TPSA) is 26.3 Å². The molecule has 0 N–H and O–H groups in total. The van der Waals surface area contributed by atoms with Crippen molar-refractivity contribution >= 4 is 5.78 Å².